The maximum atomic E-state index is 13.3. The van der Waals surface area contributed by atoms with Crippen LogP contribution in [-0.2, 0) is 14.4 Å². The van der Waals surface area contributed by atoms with Gasteiger partial charge in [-0.25, -0.2) is 0 Å². The van der Waals surface area contributed by atoms with E-state index < -0.39 is 35.7 Å². The largest absolute Gasteiger partial charge is 0.384 e. The number of carbonyl (C=O) groups excluding carboxylic acids is 5. The predicted octanol–water partition coefficient (Wildman–Crippen LogP) is 6.16. The van der Waals surface area contributed by atoms with Crippen LogP contribution in [0, 0.1) is 20.8 Å². The van der Waals surface area contributed by atoms with E-state index in [0.717, 1.165) is 76.7 Å². The third-order valence-electron chi connectivity index (χ3n) is 10.4. The molecule has 3 aliphatic rings. The number of thiophene rings is 1. The number of anilines is 1. The molecule has 55 heavy (non-hydrogen) atoms. The first kappa shape index (κ1) is 38.1. The molecule has 5 amide bonds. The molecule has 1 unspecified atom stereocenters. The van der Waals surface area contributed by atoms with E-state index in [1.807, 2.05) is 35.8 Å². The number of amides is 5. The quantitative estimate of drug-likeness (QED) is 0.101. The van der Waals surface area contributed by atoms with E-state index in [1.165, 1.54) is 4.88 Å². The summed E-state index contributed by atoms with van der Waals surface area (Å²) in [4.78, 5) is 71.0. The summed E-state index contributed by atoms with van der Waals surface area (Å²) in [6.45, 7) is 7.31. The summed E-state index contributed by atoms with van der Waals surface area (Å²) in [5.74, 6) is -0.751. The summed E-state index contributed by atoms with van der Waals surface area (Å²) >= 11 is 7.90. The molecule has 286 valence electrons. The Bertz CT molecular complexity index is 2210. The fourth-order valence-corrected chi connectivity index (χ4v) is 8.79. The lowest BCUT2D eigenvalue weighted by molar-refractivity contribution is -0.136. The molecule has 1 saturated heterocycles. The molecule has 1 fully saturated rings. The predicted molar refractivity (Wildman–Crippen MR) is 210 cm³/mol. The van der Waals surface area contributed by atoms with Gasteiger partial charge in [0.05, 0.1) is 23.3 Å². The molecule has 0 saturated carbocycles. The van der Waals surface area contributed by atoms with Crippen molar-refractivity contribution in [1.29, 1.82) is 0 Å². The first-order valence-corrected chi connectivity index (χ1v) is 19.9. The molecule has 0 bridgehead atoms. The number of fused-ring (bicyclic) bond motifs is 4. The second kappa shape index (κ2) is 16.3. The van der Waals surface area contributed by atoms with Crippen LogP contribution in [0.2, 0.25) is 5.02 Å². The highest BCUT2D eigenvalue weighted by Crippen LogP contribution is 2.40. The molecule has 5 heterocycles. The molecule has 4 aromatic rings. The number of aromatic nitrogens is 3. The summed E-state index contributed by atoms with van der Waals surface area (Å²) in [6, 6.07) is 11.2. The average Bonchev–Trinajstić information content (AvgIpc) is 3.74. The first-order chi connectivity index (χ1) is 26.5. The fraction of sp³-hybridized carbons (Fsp3) is 0.400. The number of hydrogen-bond acceptors (Lipinski definition) is 10. The number of imide groups is 2. The molecule has 3 N–H and O–H groups in total. The van der Waals surface area contributed by atoms with Crippen LogP contribution in [-0.4, -0.2) is 74.0 Å². The lowest BCUT2D eigenvalue weighted by Gasteiger charge is -2.27. The van der Waals surface area contributed by atoms with E-state index in [1.54, 1.807) is 29.5 Å². The van der Waals surface area contributed by atoms with Gasteiger partial charge in [0.2, 0.25) is 17.7 Å². The third-order valence-corrected chi connectivity index (χ3v) is 11.9. The van der Waals surface area contributed by atoms with Crippen molar-refractivity contribution in [3.05, 3.63) is 91.8 Å². The monoisotopic (exact) mass is 782 g/mol. The van der Waals surface area contributed by atoms with Crippen LogP contribution < -0.4 is 16.0 Å². The Hall–Kier alpha value is -5.21. The number of hydrogen-bond donors (Lipinski definition) is 3. The fourth-order valence-electron chi connectivity index (χ4n) is 7.45. The van der Waals surface area contributed by atoms with Gasteiger partial charge >= 0.3 is 0 Å². The van der Waals surface area contributed by atoms with Crippen molar-refractivity contribution in [2.75, 3.05) is 18.4 Å². The van der Waals surface area contributed by atoms with Gasteiger partial charge in [-0.05, 0) is 69.9 Å². The highest BCUT2D eigenvalue weighted by Gasteiger charge is 2.45. The SMILES string of the molecule is Cc1sc2c(c1C)C(c1ccc(Cl)cc1)=N[C@@H](CC(=O)NCCCCCCCCNc1cccc3c1C(=O)N(C1CCC(=O)NC1=O)C3=O)c1nnc(C)n1-2. The Morgan fingerprint density at radius 2 is 1.64 bits per heavy atom. The van der Waals surface area contributed by atoms with Crippen LogP contribution in [0.3, 0.4) is 0 Å². The number of piperidine rings is 1. The van der Waals surface area contributed by atoms with E-state index >= 15 is 0 Å². The van der Waals surface area contributed by atoms with Crippen molar-refractivity contribution in [3.63, 3.8) is 0 Å². The molecule has 2 aromatic carbocycles. The first-order valence-electron chi connectivity index (χ1n) is 18.7. The number of rotatable bonds is 14. The van der Waals surface area contributed by atoms with Gasteiger partial charge in [-0.15, -0.1) is 21.5 Å². The molecule has 2 atom stereocenters. The van der Waals surface area contributed by atoms with Crippen molar-refractivity contribution in [3.8, 4) is 5.00 Å². The number of aliphatic imine (C=N–C) groups is 1. The zero-order valence-electron chi connectivity index (χ0n) is 31.0. The number of benzene rings is 2. The van der Waals surface area contributed by atoms with Gasteiger partial charge in [0.15, 0.2) is 5.82 Å². The summed E-state index contributed by atoms with van der Waals surface area (Å²) in [7, 11) is 0. The van der Waals surface area contributed by atoms with Crippen LogP contribution in [0.4, 0.5) is 5.69 Å². The van der Waals surface area contributed by atoms with E-state index in [2.05, 4.69) is 40.0 Å². The lowest BCUT2D eigenvalue weighted by atomic mass is 9.99. The van der Waals surface area contributed by atoms with E-state index in [4.69, 9.17) is 16.6 Å². The number of aryl methyl sites for hydroxylation is 2. The van der Waals surface area contributed by atoms with Crippen LogP contribution in [0.1, 0.15) is 118 Å². The normalized spacial score (nSPS) is 17.7. The molecular formula is C40H43ClN8O5S. The Labute approximate surface area is 327 Å². The highest BCUT2D eigenvalue weighted by molar-refractivity contribution is 7.15. The summed E-state index contributed by atoms with van der Waals surface area (Å²) in [5, 5.41) is 19.1. The molecule has 3 aliphatic heterocycles. The number of carbonyl (C=O) groups is 5. The van der Waals surface area contributed by atoms with Crippen LogP contribution in [0.15, 0.2) is 47.5 Å². The van der Waals surface area contributed by atoms with E-state index in [-0.39, 0.29) is 36.3 Å². The van der Waals surface area contributed by atoms with Gasteiger partial charge in [-0.2, -0.15) is 0 Å². The van der Waals surface area contributed by atoms with Crippen LogP contribution in [0.25, 0.3) is 5.00 Å². The summed E-state index contributed by atoms with van der Waals surface area (Å²) in [5.41, 5.74) is 5.01. The second-order valence-electron chi connectivity index (χ2n) is 14.2. The molecular weight excluding hydrogens is 740 g/mol. The highest BCUT2D eigenvalue weighted by atomic mass is 35.5. The molecule has 7 rings (SSSR count). The van der Waals surface area contributed by atoms with E-state index in [9.17, 15) is 24.0 Å². The molecule has 0 radical (unpaired) electrons. The van der Waals surface area contributed by atoms with Crippen molar-refractivity contribution >= 4 is 63.9 Å². The van der Waals surface area contributed by atoms with Crippen molar-refractivity contribution in [1.82, 2.24) is 30.3 Å². The molecule has 0 spiro atoms. The Morgan fingerprint density at radius 3 is 2.38 bits per heavy atom. The van der Waals surface area contributed by atoms with Crippen molar-refractivity contribution in [2.24, 2.45) is 4.99 Å². The topological polar surface area (TPSA) is 168 Å². The lowest BCUT2D eigenvalue weighted by Crippen LogP contribution is -2.54. The molecule has 0 aliphatic carbocycles. The third kappa shape index (κ3) is 7.70. The Kier molecular flexibility index (Phi) is 11.3. The second-order valence-corrected chi connectivity index (χ2v) is 15.8. The molecule has 15 heteroatoms. The van der Waals surface area contributed by atoms with Crippen LogP contribution >= 0.6 is 22.9 Å². The zero-order chi connectivity index (χ0) is 38.8. The Morgan fingerprint density at radius 1 is 0.909 bits per heavy atom. The van der Waals surface area contributed by atoms with Gasteiger partial charge in [0, 0.05) is 46.2 Å². The average molecular weight is 783 g/mol. The Balaban J connectivity index is 0.863. The van der Waals surface area contributed by atoms with Gasteiger partial charge in [-0.3, -0.25) is 43.7 Å². The number of nitrogens with zero attached hydrogens (tertiary/aromatic N) is 5. The van der Waals surface area contributed by atoms with Gasteiger partial charge in [0.25, 0.3) is 11.8 Å². The number of nitrogens with one attached hydrogen (secondary N) is 3. The summed E-state index contributed by atoms with van der Waals surface area (Å²) < 4.78 is 2.05. The minimum Gasteiger partial charge on any atom is -0.384 e. The smallest absolute Gasteiger partial charge is 0.264 e. The van der Waals surface area contributed by atoms with Crippen molar-refractivity contribution in [2.45, 2.75) is 90.6 Å². The minimum absolute atomic E-state index is 0.0781. The van der Waals surface area contributed by atoms with Gasteiger partial charge in [0.1, 0.15) is 22.9 Å². The maximum Gasteiger partial charge on any atom is 0.264 e. The number of unbranched alkanes of at least 4 members (excludes halogenated alkanes) is 5. The maximum absolute atomic E-state index is 13.3. The van der Waals surface area contributed by atoms with Crippen LogP contribution in [0.5, 0.6) is 0 Å². The number of halogens is 1. The van der Waals surface area contributed by atoms with Gasteiger partial charge < -0.3 is 10.6 Å². The summed E-state index contributed by atoms with van der Waals surface area (Å²) in [6.07, 6.45) is 6.06. The standard InChI is InChI=1S/C40H43ClN8O5S/c1-22-23(2)55-40-33(22)35(25-13-15-26(41)16-14-25)44-29(36-47-46-24(3)48(36)40)21-32(51)43-20-9-7-5-4-6-8-19-42-28-12-10-11-27-34(28)39(54)49(38(27)53)30-17-18-31(50)45-37(30)52/h10-16,29-30,42H,4-9,17-21H2,1-3H3,(H,43,51)(H,45,50,52)/t29-,30?/m0/s1. The molecule has 2 aromatic heterocycles. The van der Waals surface area contributed by atoms with E-state index in [0.29, 0.717) is 29.6 Å². The van der Waals surface area contributed by atoms with Crippen molar-refractivity contribution < 1.29 is 24.0 Å². The molecule has 13 nitrogen and oxygen atoms in total. The zero-order valence-corrected chi connectivity index (χ0v) is 32.6. The minimum atomic E-state index is -0.993. The van der Waals surface area contributed by atoms with Gasteiger partial charge in [-0.1, -0.05) is 55.5 Å².